The minimum Gasteiger partial charge on any atom is -0.444 e. The van der Waals surface area contributed by atoms with Crippen molar-refractivity contribution < 1.29 is 14.3 Å². The maximum atomic E-state index is 12.4. The van der Waals surface area contributed by atoms with Gasteiger partial charge >= 0.3 is 6.09 Å². The molecule has 2 fully saturated rings. The fourth-order valence-corrected chi connectivity index (χ4v) is 3.82. The first-order valence-electron chi connectivity index (χ1n) is 9.17. The van der Waals surface area contributed by atoms with E-state index in [-0.39, 0.29) is 24.0 Å². The quantitative estimate of drug-likeness (QED) is 0.893. The zero-order chi connectivity index (χ0) is 18.0. The van der Waals surface area contributed by atoms with Crippen LogP contribution in [0.15, 0.2) is 30.3 Å². The third-order valence-electron chi connectivity index (χ3n) is 5.11. The largest absolute Gasteiger partial charge is 0.444 e. The predicted octanol–water partition coefficient (Wildman–Crippen LogP) is 3.51. The lowest BCUT2D eigenvalue weighted by molar-refractivity contribution is -0.124. The van der Waals surface area contributed by atoms with Crippen molar-refractivity contribution in [2.24, 2.45) is 11.8 Å². The fraction of sp³-hybridized carbons (Fsp3) is 0.600. The number of hydrogen-bond acceptors (Lipinski definition) is 3. The summed E-state index contributed by atoms with van der Waals surface area (Å²) in [6.45, 7) is 6.97. The summed E-state index contributed by atoms with van der Waals surface area (Å²) in [5.74, 6) is 0.544. The van der Waals surface area contributed by atoms with E-state index < -0.39 is 5.60 Å². The number of carbonyl (C=O) groups is 2. The van der Waals surface area contributed by atoms with E-state index in [1.165, 1.54) is 5.56 Å². The SMILES string of the molecule is CC(C)(C)OC(=O)N1CCC(C2C[C@@H](c3ccccc3)NC2=O)CC1. The van der Waals surface area contributed by atoms with Crippen molar-refractivity contribution in [3.05, 3.63) is 35.9 Å². The molecule has 136 valence electrons. The Hall–Kier alpha value is -2.04. The van der Waals surface area contributed by atoms with Gasteiger partial charge in [-0.1, -0.05) is 30.3 Å². The van der Waals surface area contributed by atoms with E-state index in [1.54, 1.807) is 4.90 Å². The molecular formula is C20H28N2O3. The van der Waals surface area contributed by atoms with Gasteiger partial charge in [-0.05, 0) is 51.5 Å². The second kappa shape index (κ2) is 7.06. The van der Waals surface area contributed by atoms with Gasteiger partial charge in [-0.15, -0.1) is 0 Å². The van der Waals surface area contributed by atoms with Crippen molar-refractivity contribution in [3.63, 3.8) is 0 Å². The number of rotatable bonds is 2. The molecule has 2 atom stereocenters. The average Bonchev–Trinajstić information content (AvgIpc) is 2.96. The number of carbonyl (C=O) groups excluding carboxylic acids is 2. The average molecular weight is 344 g/mol. The molecule has 0 saturated carbocycles. The Morgan fingerprint density at radius 1 is 1.16 bits per heavy atom. The van der Waals surface area contributed by atoms with Crippen LogP contribution in [0.5, 0.6) is 0 Å². The van der Waals surface area contributed by atoms with Gasteiger partial charge in [-0.3, -0.25) is 4.79 Å². The van der Waals surface area contributed by atoms with Crippen molar-refractivity contribution in [1.82, 2.24) is 10.2 Å². The van der Waals surface area contributed by atoms with E-state index in [0.717, 1.165) is 19.3 Å². The first-order valence-corrected chi connectivity index (χ1v) is 9.17. The highest BCUT2D eigenvalue weighted by atomic mass is 16.6. The van der Waals surface area contributed by atoms with Gasteiger partial charge in [0.05, 0.1) is 6.04 Å². The van der Waals surface area contributed by atoms with Crippen LogP contribution in [0.3, 0.4) is 0 Å². The molecule has 5 heteroatoms. The van der Waals surface area contributed by atoms with E-state index >= 15 is 0 Å². The van der Waals surface area contributed by atoms with Crippen molar-refractivity contribution in [2.75, 3.05) is 13.1 Å². The second-order valence-electron chi connectivity index (χ2n) is 8.12. The molecule has 0 radical (unpaired) electrons. The van der Waals surface area contributed by atoms with Gasteiger partial charge < -0.3 is 15.0 Å². The van der Waals surface area contributed by atoms with E-state index in [0.29, 0.717) is 19.0 Å². The number of nitrogens with one attached hydrogen (secondary N) is 1. The van der Waals surface area contributed by atoms with Crippen molar-refractivity contribution in [3.8, 4) is 0 Å². The monoisotopic (exact) mass is 344 g/mol. The molecule has 5 nitrogen and oxygen atoms in total. The van der Waals surface area contributed by atoms with E-state index in [4.69, 9.17) is 4.74 Å². The number of hydrogen-bond donors (Lipinski definition) is 1. The minimum absolute atomic E-state index is 0.0472. The highest BCUT2D eigenvalue weighted by Crippen LogP contribution is 2.37. The maximum Gasteiger partial charge on any atom is 0.410 e. The summed E-state index contributed by atoms with van der Waals surface area (Å²) in [6, 6.07) is 10.3. The number of benzene rings is 1. The summed E-state index contributed by atoms with van der Waals surface area (Å²) in [6.07, 6.45) is 2.32. The third-order valence-corrected chi connectivity index (χ3v) is 5.11. The van der Waals surface area contributed by atoms with Crippen molar-refractivity contribution >= 4 is 12.0 Å². The zero-order valence-electron chi connectivity index (χ0n) is 15.3. The van der Waals surface area contributed by atoms with E-state index in [1.807, 2.05) is 39.0 Å². The summed E-state index contributed by atoms with van der Waals surface area (Å²) in [4.78, 5) is 26.4. The van der Waals surface area contributed by atoms with Crippen LogP contribution < -0.4 is 5.32 Å². The molecule has 0 bridgehead atoms. The molecule has 2 aliphatic rings. The van der Waals surface area contributed by atoms with Crippen LogP contribution >= 0.6 is 0 Å². The highest BCUT2D eigenvalue weighted by Gasteiger charge is 2.40. The zero-order valence-corrected chi connectivity index (χ0v) is 15.3. The predicted molar refractivity (Wildman–Crippen MR) is 96.0 cm³/mol. The van der Waals surface area contributed by atoms with Crippen LogP contribution in [0.25, 0.3) is 0 Å². The number of amides is 2. The van der Waals surface area contributed by atoms with Crippen LogP contribution in [0, 0.1) is 11.8 Å². The smallest absolute Gasteiger partial charge is 0.410 e. The third kappa shape index (κ3) is 4.33. The summed E-state index contributed by atoms with van der Waals surface area (Å²) in [5, 5.41) is 3.14. The Labute approximate surface area is 149 Å². The van der Waals surface area contributed by atoms with Gasteiger partial charge in [0.2, 0.25) is 5.91 Å². The minimum atomic E-state index is -0.470. The van der Waals surface area contributed by atoms with Gasteiger partial charge in [-0.2, -0.15) is 0 Å². The fourth-order valence-electron chi connectivity index (χ4n) is 3.82. The molecule has 2 heterocycles. The Balaban J connectivity index is 1.55. The van der Waals surface area contributed by atoms with Crippen molar-refractivity contribution in [2.45, 2.75) is 51.7 Å². The lowest BCUT2D eigenvalue weighted by Gasteiger charge is -2.35. The molecule has 25 heavy (non-hydrogen) atoms. The van der Waals surface area contributed by atoms with E-state index in [9.17, 15) is 9.59 Å². The van der Waals surface area contributed by atoms with Crippen LogP contribution in [0.1, 0.15) is 51.6 Å². The molecule has 1 aromatic carbocycles. The molecule has 1 unspecified atom stereocenters. The molecule has 2 amide bonds. The van der Waals surface area contributed by atoms with Gasteiger partial charge in [0.15, 0.2) is 0 Å². The summed E-state index contributed by atoms with van der Waals surface area (Å²) in [7, 11) is 0. The molecule has 2 saturated heterocycles. The van der Waals surface area contributed by atoms with Crippen molar-refractivity contribution in [1.29, 1.82) is 0 Å². The first-order chi connectivity index (χ1) is 11.8. The number of ether oxygens (including phenoxy) is 1. The normalized spacial score (nSPS) is 24.9. The van der Waals surface area contributed by atoms with Crippen LogP contribution in [-0.2, 0) is 9.53 Å². The molecule has 1 aromatic rings. The Morgan fingerprint density at radius 2 is 1.80 bits per heavy atom. The molecule has 0 aliphatic carbocycles. The summed E-state index contributed by atoms with van der Waals surface area (Å²) in [5.41, 5.74) is 0.701. The highest BCUT2D eigenvalue weighted by molar-refractivity contribution is 5.82. The van der Waals surface area contributed by atoms with E-state index in [2.05, 4.69) is 17.4 Å². The van der Waals surface area contributed by atoms with Crippen LogP contribution in [0.2, 0.25) is 0 Å². The molecule has 2 aliphatic heterocycles. The van der Waals surface area contributed by atoms with Gasteiger partial charge in [0.1, 0.15) is 5.60 Å². The van der Waals surface area contributed by atoms with Gasteiger partial charge in [0.25, 0.3) is 0 Å². The standard InChI is InChI=1S/C20H28N2O3/c1-20(2,3)25-19(24)22-11-9-14(10-12-22)16-13-17(21-18(16)23)15-7-5-4-6-8-15/h4-8,14,16-17H,9-13H2,1-3H3,(H,21,23)/t16?,17-/m0/s1. The summed E-state index contributed by atoms with van der Waals surface area (Å²) >= 11 is 0. The molecule has 0 spiro atoms. The molecule has 3 rings (SSSR count). The first kappa shape index (κ1) is 17.8. The lowest BCUT2D eigenvalue weighted by Crippen LogP contribution is -2.43. The lowest BCUT2D eigenvalue weighted by atomic mass is 9.82. The summed E-state index contributed by atoms with van der Waals surface area (Å²) < 4.78 is 5.44. The molecular weight excluding hydrogens is 316 g/mol. The van der Waals surface area contributed by atoms with Gasteiger partial charge in [0, 0.05) is 19.0 Å². The second-order valence-corrected chi connectivity index (χ2v) is 8.12. The topological polar surface area (TPSA) is 58.6 Å². The number of likely N-dealkylation sites (tertiary alicyclic amines) is 1. The van der Waals surface area contributed by atoms with Crippen LogP contribution in [0.4, 0.5) is 4.79 Å². The van der Waals surface area contributed by atoms with Crippen LogP contribution in [-0.4, -0.2) is 35.6 Å². The molecule has 1 N–H and O–H groups in total. The number of piperidine rings is 1. The number of nitrogens with zero attached hydrogens (tertiary/aromatic N) is 1. The Kier molecular flexibility index (Phi) is 5.02. The van der Waals surface area contributed by atoms with Gasteiger partial charge in [-0.25, -0.2) is 4.79 Å². The Bertz CT molecular complexity index is 616. The molecule has 0 aromatic heterocycles. The maximum absolute atomic E-state index is 12.4. The Morgan fingerprint density at radius 3 is 2.40 bits per heavy atom.